The number of aromatic amines is 2. The van der Waals surface area contributed by atoms with Crippen LogP contribution in [0, 0.1) is 0 Å². The van der Waals surface area contributed by atoms with Crippen LogP contribution in [0.4, 0.5) is 0 Å². The van der Waals surface area contributed by atoms with Crippen LogP contribution in [0.15, 0.2) is 36.7 Å². The Labute approximate surface area is 82.8 Å². The Balaban J connectivity index is 2.25. The van der Waals surface area contributed by atoms with Gasteiger partial charge in [-0.1, -0.05) is 0 Å². The normalized spacial score (nSPS) is 11.0. The number of nitrogens with one attached hydrogen (secondary N) is 2. The van der Waals surface area contributed by atoms with Crippen molar-refractivity contribution in [3.8, 4) is 0 Å². The third-order valence-corrected chi connectivity index (χ3v) is 2.41. The molecule has 0 aliphatic rings. The summed E-state index contributed by atoms with van der Waals surface area (Å²) in [5.41, 5.74) is 2.28. The molecule has 0 fully saturated rings. The summed E-state index contributed by atoms with van der Waals surface area (Å²) >= 11 is 0. The second-order valence-corrected chi connectivity index (χ2v) is 3.32. The molecule has 0 radical (unpaired) electrons. The van der Waals surface area contributed by atoms with Crippen molar-refractivity contribution >= 4 is 0 Å². The van der Waals surface area contributed by atoms with E-state index in [9.17, 15) is 0 Å². The average Bonchev–Trinajstić information content (AvgIpc) is 2.87. The van der Waals surface area contributed by atoms with E-state index in [-0.39, 0.29) is 12.5 Å². The lowest BCUT2D eigenvalue weighted by Gasteiger charge is -2.12. The molecule has 3 heteroatoms. The molecule has 0 spiro atoms. The number of aromatic nitrogens is 2. The fraction of sp³-hybridized carbons (Fsp3) is 0.273. The number of aliphatic hydroxyl groups excluding tert-OH is 1. The molecule has 14 heavy (non-hydrogen) atoms. The van der Waals surface area contributed by atoms with Crippen molar-refractivity contribution in [1.29, 1.82) is 0 Å². The van der Waals surface area contributed by atoms with Gasteiger partial charge in [0.25, 0.3) is 0 Å². The number of rotatable bonds is 4. The molecule has 0 unspecified atom stereocenters. The Bertz CT molecular complexity index is 316. The fourth-order valence-electron chi connectivity index (χ4n) is 1.73. The number of hydrogen-bond donors (Lipinski definition) is 3. The minimum absolute atomic E-state index is 0.197. The van der Waals surface area contributed by atoms with E-state index in [0.717, 1.165) is 17.8 Å². The zero-order valence-corrected chi connectivity index (χ0v) is 7.90. The minimum Gasteiger partial charge on any atom is -0.396 e. The van der Waals surface area contributed by atoms with Crippen molar-refractivity contribution in [1.82, 2.24) is 9.97 Å². The summed E-state index contributed by atoms with van der Waals surface area (Å²) in [6.07, 6.45) is 4.55. The van der Waals surface area contributed by atoms with Gasteiger partial charge in [0.1, 0.15) is 0 Å². The molecule has 0 amide bonds. The molecule has 0 bridgehead atoms. The van der Waals surface area contributed by atoms with E-state index in [0.29, 0.717) is 0 Å². The quantitative estimate of drug-likeness (QED) is 0.677. The van der Waals surface area contributed by atoms with Crippen molar-refractivity contribution in [3.63, 3.8) is 0 Å². The van der Waals surface area contributed by atoms with Crippen LogP contribution in [-0.4, -0.2) is 21.7 Å². The first-order valence-electron chi connectivity index (χ1n) is 4.79. The van der Waals surface area contributed by atoms with Crippen molar-refractivity contribution in [2.45, 2.75) is 12.3 Å². The number of H-pyrrole nitrogens is 2. The molecule has 0 saturated heterocycles. The highest BCUT2D eigenvalue weighted by atomic mass is 16.3. The topological polar surface area (TPSA) is 51.8 Å². The van der Waals surface area contributed by atoms with Gasteiger partial charge in [-0.2, -0.15) is 0 Å². The third kappa shape index (κ3) is 1.72. The van der Waals surface area contributed by atoms with E-state index < -0.39 is 0 Å². The van der Waals surface area contributed by atoms with Gasteiger partial charge in [0.2, 0.25) is 0 Å². The van der Waals surface area contributed by atoms with E-state index >= 15 is 0 Å². The van der Waals surface area contributed by atoms with E-state index in [1.54, 1.807) is 0 Å². The summed E-state index contributed by atoms with van der Waals surface area (Å²) in [7, 11) is 0. The maximum atomic E-state index is 9.01. The van der Waals surface area contributed by atoms with Crippen molar-refractivity contribution in [2.75, 3.05) is 6.61 Å². The molecule has 0 atom stereocenters. The molecule has 3 nitrogen and oxygen atoms in total. The predicted molar refractivity (Wildman–Crippen MR) is 55.1 cm³/mol. The van der Waals surface area contributed by atoms with Gasteiger partial charge in [0.15, 0.2) is 0 Å². The molecule has 3 N–H and O–H groups in total. The van der Waals surface area contributed by atoms with E-state index in [1.165, 1.54) is 0 Å². The highest BCUT2D eigenvalue weighted by molar-refractivity contribution is 5.23. The largest absolute Gasteiger partial charge is 0.396 e. The number of hydrogen-bond acceptors (Lipinski definition) is 1. The monoisotopic (exact) mass is 190 g/mol. The molecular formula is C11H14N2O. The highest BCUT2D eigenvalue weighted by Gasteiger charge is 2.14. The summed E-state index contributed by atoms with van der Waals surface area (Å²) in [5.74, 6) is 0.241. The SMILES string of the molecule is OCCC(c1ccc[nH]1)c1ccc[nH]1. The van der Waals surface area contributed by atoms with Gasteiger partial charge in [-0.05, 0) is 30.7 Å². The van der Waals surface area contributed by atoms with Crippen LogP contribution in [0.25, 0.3) is 0 Å². The van der Waals surface area contributed by atoms with Crippen molar-refractivity contribution < 1.29 is 5.11 Å². The summed E-state index contributed by atoms with van der Waals surface area (Å²) < 4.78 is 0. The summed E-state index contributed by atoms with van der Waals surface area (Å²) in [6.45, 7) is 0.197. The lowest BCUT2D eigenvalue weighted by atomic mass is 9.98. The Morgan fingerprint density at radius 3 is 2.00 bits per heavy atom. The fourth-order valence-corrected chi connectivity index (χ4v) is 1.73. The maximum Gasteiger partial charge on any atom is 0.0441 e. The van der Waals surface area contributed by atoms with Crippen LogP contribution in [0.2, 0.25) is 0 Å². The van der Waals surface area contributed by atoms with Gasteiger partial charge >= 0.3 is 0 Å². The van der Waals surface area contributed by atoms with Crippen molar-refractivity contribution in [3.05, 3.63) is 48.0 Å². The Morgan fingerprint density at radius 1 is 1.07 bits per heavy atom. The van der Waals surface area contributed by atoms with Crippen LogP contribution in [0.5, 0.6) is 0 Å². The van der Waals surface area contributed by atoms with E-state index in [4.69, 9.17) is 5.11 Å². The smallest absolute Gasteiger partial charge is 0.0441 e. The number of aliphatic hydroxyl groups is 1. The van der Waals surface area contributed by atoms with Crippen LogP contribution in [-0.2, 0) is 0 Å². The highest BCUT2D eigenvalue weighted by Crippen LogP contribution is 2.24. The van der Waals surface area contributed by atoms with Crippen LogP contribution in [0.3, 0.4) is 0 Å². The summed E-state index contributed by atoms with van der Waals surface area (Å²) in [6, 6.07) is 8.04. The minimum atomic E-state index is 0.197. The Morgan fingerprint density at radius 2 is 1.64 bits per heavy atom. The van der Waals surface area contributed by atoms with Gasteiger partial charge < -0.3 is 15.1 Å². The van der Waals surface area contributed by atoms with Crippen LogP contribution < -0.4 is 0 Å². The molecular weight excluding hydrogens is 176 g/mol. The Hall–Kier alpha value is -1.48. The van der Waals surface area contributed by atoms with Gasteiger partial charge in [-0.25, -0.2) is 0 Å². The molecule has 2 rings (SSSR count). The van der Waals surface area contributed by atoms with Gasteiger partial charge in [-0.15, -0.1) is 0 Å². The molecule has 74 valence electrons. The molecule has 2 aromatic heterocycles. The lowest BCUT2D eigenvalue weighted by molar-refractivity contribution is 0.280. The summed E-state index contributed by atoms with van der Waals surface area (Å²) in [5, 5.41) is 9.01. The second kappa shape index (κ2) is 4.15. The van der Waals surface area contributed by atoms with Gasteiger partial charge in [0, 0.05) is 36.3 Å². The lowest BCUT2D eigenvalue weighted by Crippen LogP contribution is -2.04. The van der Waals surface area contributed by atoms with Gasteiger partial charge in [0.05, 0.1) is 0 Å². The molecule has 2 aromatic rings. The zero-order chi connectivity index (χ0) is 9.80. The molecule has 2 heterocycles. The van der Waals surface area contributed by atoms with Crippen molar-refractivity contribution in [2.24, 2.45) is 0 Å². The third-order valence-electron chi connectivity index (χ3n) is 2.41. The first-order valence-corrected chi connectivity index (χ1v) is 4.79. The summed E-state index contributed by atoms with van der Waals surface area (Å²) in [4.78, 5) is 6.36. The predicted octanol–water partition coefficient (Wildman–Crippen LogP) is 1.86. The second-order valence-electron chi connectivity index (χ2n) is 3.32. The zero-order valence-electron chi connectivity index (χ0n) is 7.90. The van der Waals surface area contributed by atoms with Crippen LogP contribution in [0.1, 0.15) is 23.7 Å². The Kier molecular flexibility index (Phi) is 2.70. The molecule has 0 aliphatic carbocycles. The first-order chi connectivity index (χ1) is 6.92. The van der Waals surface area contributed by atoms with E-state index in [1.807, 2.05) is 36.7 Å². The standard InChI is InChI=1S/C11H14N2O/c14-8-5-9(10-3-1-6-12-10)11-4-2-7-13-11/h1-4,6-7,9,12-14H,5,8H2. The molecule has 0 aromatic carbocycles. The molecule has 0 aliphatic heterocycles. The average molecular weight is 190 g/mol. The van der Waals surface area contributed by atoms with Crippen LogP contribution >= 0.6 is 0 Å². The molecule has 0 saturated carbocycles. The van der Waals surface area contributed by atoms with Gasteiger partial charge in [-0.3, -0.25) is 0 Å². The maximum absolute atomic E-state index is 9.01. The van der Waals surface area contributed by atoms with E-state index in [2.05, 4.69) is 9.97 Å². The first kappa shape index (κ1) is 9.09.